The molecule has 0 aliphatic rings. The predicted octanol–water partition coefficient (Wildman–Crippen LogP) is -0.330. The molecule has 0 radical (unpaired) electrons. The summed E-state index contributed by atoms with van der Waals surface area (Å²) in [6, 6.07) is 0. The maximum Gasteiger partial charge on any atom is 0.137 e. The van der Waals surface area contributed by atoms with Gasteiger partial charge in [0.15, 0.2) is 0 Å². The fourth-order valence-corrected chi connectivity index (χ4v) is 1.32. The molecule has 0 bridgehead atoms. The lowest BCUT2D eigenvalue weighted by Crippen LogP contribution is -2.53. The van der Waals surface area contributed by atoms with E-state index < -0.39 is 0 Å². The largest absolute Gasteiger partial charge is 0.382 e. The lowest BCUT2D eigenvalue weighted by Gasteiger charge is -2.30. The van der Waals surface area contributed by atoms with E-state index in [1.54, 1.807) is 13.2 Å². The topological polar surface area (TPSA) is 71.8 Å². The molecule has 0 aliphatic heterocycles. The van der Waals surface area contributed by atoms with Crippen molar-refractivity contribution in [1.29, 1.82) is 0 Å². The summed E-state index contributed by atoms with van der Waals surface area (Å²) in [5.74, 6) is 5.85. The van der Waals surface area contributed by atoms with Gasteiger partial charge in [0, 0.05) is 26.1 Å². The minimum Gasteiger partial charge on any atom is -0.382 e. The van der Waals surface area contributed by atoms with Crippen LogP contribution >= 0.6 is 11.6 Å². The van der Waals surface area contributed by atoms with Crippen LogP contribution in [0.4, 0.5) is 0 Å². The molecule has 4 N–H and O–H groups in total. The first-order valence-electron chi connectivity index (χ1n) is 5.51. The molecule has 0 saturated heterocycles. The third-order valence-corrected chi connectivity index (χ3v) is 2.16. The van der Waals surface area contributed by atoms with Crippen molar-refractivity contribution in [2.24, 2.45) is 5.84 Å². The third-order valence-electron chi connectivity index (χ3n) is 1.97. The zero-order valence-corrected chi connectivity index (χ0v) is 11.1. The van der Waals surface area contributed by atoms with Crippen LogP contribution < -0.4 is 16.7 Å². The summed E-state index contributed by atoms with van der Waals surface area (Å²) in [6.07, 6.45) is 1.58. The van der Waals surface area contributed by atoms with Crippen LogP contribution in [-0.2, 0) is 9.47 Å². The Labute approximate surface area is 108 Å². The van der Waals surface area contributed by atoms with E-state index >= 15 is 0 Å². The molecule has 7 heteroatoms. The molecule has 0 aromatic rings. The van der Waals surface area contributed by atoms with Crippen LogP contribution in [0.15, 0.2) is 12.7 Å². The molecule has 0 spiro atoms. The smallest absolute Gasteiger partial charge is 0.137 e. The average molecular weight is 267 g/mol. The molecule has 0 aromatic heterocycles. The highest BCUT2D eigenvalue weighted by Gasteiger charge is 2.16. The molecule has 1 unspecified atom stereocenters. The van der Waals surface area contributed by atoms with Crippen molar-refractivity contribution >= 4 is 11.6 Å². The van der Waals surface area contributed by atoms with E-state index in [1.807, 2.05) is 5.01 Å². The van der Waals surface area contributed by atoms with E-state index in [4.69, 9.17) is 26.9 Å². The summed E-state index contributed by atoms with van der Waals surface area (Å²) in [4.78, 5) is 0. The molecule has 0 amide bonds. The number of hydrogen-bond donors (Lipinski definition) is 3. The number of rotatable bonds is 12. The van der Waals surface area contributed by atoms with Gasteiger partial charge in [0.05, 0.1) is 19.8 Å². The van der Waals surface area contributed by atoms with Crippen LogP contribution in [0.5, 0.6) is 0 Å². The number of nitrogens with one attached hydrogen (secondary N) is 2. The Morgan fingerprint density at radius 1 is 1.53 bits per heavy atom. The Bertz CT molecular complexity index is 186. The zero-order chi connectivity index (χ0) is 12.9. The highest BCUT2D eigenvalue weighted by Crippen LogP contribution is 1.98. The van der Waals surface area contributed by atoms with E-state index in [1.165, 1.54) is 0 Å². The second-order valence-electron chi connectivity index (χ2n) is 3.26. The van der Waals surface area contributed by atoms with Gasteiger partial charge in [0.1, 0.15) is 6.23 Å². The fraction of sp³-hybridized carbons (Fsp3) is 0.800. The maximum atomic E-state index is 5.64. The molecule has 102 valence electrons. The Morgan fingerprint density at radius 3 is 2.82 bits per heavy atom. The number of alkyl halides is 1. The van der Waals surface area contributed by atoms with E-state index in [-0.39, 0.29) is 6.23 Å². The Morgan fingerprint density at radius 2 is 2.29 bits per heavy atom. The molecule has 0 heterocycles. The summed E-state index contributed by atoms with van der Waals surface area (Å²) >= 11 is 5.64. The van der Waals surface area contributed by atoms with Gasteiger partial charge in [-0.2, -0.15) is 0 Å². The van der Waals surface area contributed by atoms with Gasteiger partial charge < -0.3 is 9.47 Å². The molecule has 1 atom stereocenters. The predicted molar refractivity (Wildman–Crippen MR) is 69.4 cm³/mol. The maximum absolute atomic E-state index is 5.64. The van der Waals surface area contributed by atoms with Gasteiger partial charge in [0.2, 0.25) is 0 Å². The molecule has 0 aliphatic carbocycles. The lowest BCUT2D eigenvalue weighted by atomic mass is 10.4. The molecule has 0 saturated carbocycles. The van der Waals surface area contributed by atoms with Crippen LogP contribution in [0.1, 0.15) is 0 Å². The van der Waals surface area contributed by atoms with E-state index in [2.05, 4.69) is 17.4 Å². The third kappa shape index (κ3) is 8.50. The summed E-state index contributed by atoms with van der Waals surface area (Å²) in [6.45, 7) is 6.53. The Hall–Kier alpha value is -0.210. The molecule has 6 nitrogen and oxygen atoms in total. The lowest BCUT2D eigenvalue weighted by molar-refractivity contribution is -0.0874. The minimum absolute atomic E-state index is 0.198. The fourth-order valence-electron chi connectivity index (χ4n) is 1.24. The number of ether oxygens (including phenoxy) is 2. The number of nitrogens with two attached hydrogens (primary N) is 1. The second-order valence-corrected chi connectivity index (χ2v) is 3.64. The van der Waals surface area contributed by atoms with Crippen molar-refractivity contribution in [1.82, 2.24) is 15.9 Å². The number of nitrogens with zero attached hydrogens (tertiary/aromatic N) is 1. The number of hydrazine groups is 2. The molecule has 0 rings (SSSR count). The van der Waals surface area contributed by atoms with Crippen LogP contribution in [0.2, 0.25) is 0 Å². The highest BCUT2D eigenvalue weighted by atomic mass is 35.5. The van der Waals surface area contributed by atoms with Crippen molar-refractivity contribution in [3.05, 3.63) is 12.7 Å². The first-order valence-corrected chi connectivity index (χ1v) is 6.04. The minimum atomic E-state index is -0.198. The Balaban J connectivity index is 4.18. The number of hydrogen-bond acceptors (Lipinski definition) is 6. The quantitative estimate of drug-likeness (QED) is 0.112. The van der Waals surface area contributed by atoms with Crippen molar-refractivity contribution in [2.45, 2.75) is 6.23 Å². The SMILES string of the molecule is C=CCN(NCCCl)C(CNN)OCCOC. The number of methoxy groups -OCH3 is 1. The zero-order valence-electron chi connectivity index (χ0n) is 10.3. The van der Waals surface area contributed by atoms with Gasteiger partial charge in [-0.1, -0.05) is 6.08 Å². The van der Waals surface area contributed by atoms with Gasteiger partial charge >= 0.3 is 0 Å². The van der Waals surface area contributed by atoms with Gasteiger partial charge in [-0.15, -0.1) is 18.2 Å². The summed E-state index contributed by atoms with van der Waals surface area (Å²) in [5.41, 5.74) is 5.75. The second kappa shape index (κ2) is 12.3. The van der Waals surface area contributed by atoms with E-state index in [0.29, 0.717) is 38.7 Å². The summed E-state index contributed by atoms with van der Waals surface area (Å²) in [5, 5.41) is 1.89. The van der Waals surface area contributed by atoms with Crippen molar-refractivity contribution in [3.8, 4) is 0 Å². The van der Waals surface area contributed by atoms with Gasteiger partial charge in [0.25, 0.3) is 0 Å². The van der Waals surface area contributed by atoms with E-state index in [9.17, 15) is 0 Å². The van der Waals surface area contributed by atoms with Crippen molar-refractivity contribution in [2.75, 3.05) is 45.8 Å². The first kappa shape index (κ1) is 16.8. The first-order chi connectivity index (χ1) is 8.29. The molecule has 0 fully saturated rings. The molecule has 17 heavy (non-hydrogen) atoms. The normalized spacial score (nSPS) is 12.9. The number of halogens is 1. The molecule has 0 aromatic carbocycles. The van der Waals surface area contributed by atoms with Gasteiger partial charge in [-0.25, -0.2) is 5.01 Å². The van der Waals surface area contributed by atoms with Crippen LogP contribution in [-0.4, -0.2) is 57.1 Å². The van der Waals surface area contributed by atoms with Crippen LogP contribution in [0, 0.1) is 0 Å². The van der Waals surface area contributed by atoms with E-state index in [0.717, 1.165) is 0 Å². The van der Waals surface area contributed by atoms with Crippen LogP contribution in [0.3, 0.4) is 0 Å². The molecular formula is C10H23ClN4O2. The summed E-state index contributed by atoms with van der Waals surface area (Å²) in [7, 11) is 1.63. The highest BCUT2D eigenvalue weighted by molar-refractivity contribution is 6.18. The average Bonchev–Trinajstić information content (AvgIpc) is 2.34. The van der Waals surface area contributed by atoms with Crippen LogP contribution in [0.25, 0.3) is 0 Å². The Kier molecular flexibility index (Phi) is 12.1. The van der Waals surface area contributed by atoms with Crippen molar-refractivity contribution in [3.63, 3.8) is 0 Å². The monoisotopic (exact) mass is 266 g/mol. The molecular weight excluding hydrogens is 244 g/mol. The standard InChI is InChI=1S/C10H23ClN4O2/c1-3-6-15(14-5-4-11)10(9-13-12)17-8-7-16-2/h3,10,13-14H,1,4-9,12H2,2H3. The van der Waals surface area contributed by atoms with Crippen molar-refractivity contribution < 1.29 is 9.47 Å². The van der Waals surface area contributed by atoms with Gasteiger partial charge in [-0.3, -0.25) is 16.7 Å². The van der Waals surface area contributed by atoms with Gasteiger partial charge in [-0.05, 0) is 0 Å². The summed E-state index contributed by atoms with van der Waals surface area (Å²) < 4.78 is 10.6.